The van der Waals surface area contributed by atoms with E-state index in [9.17, 15) is 4.79 Å². The van der Waals surface area contributed by atoms with Gasteiger partial charge in [-0.25, -0.2) is 14.6 Å². The van der Waals surface area contributed by atoms with Gasteiger partial charge in [0, 0.05) is 26.6 Å². The molecule has 0 unspecified atom stereocenters. The number of thioether (sulfide) groups is 1. The Morgan fingerprint density at radius 2 is 2.22 bits per heavy atom. The molecule has 0 aliphatic rings. The maximum absolute atomic E-state index is 11.0. The summed E-state index contributed by atoms with van der Waals surface area (Å²) in [6.07, 6.45) is 3.68. The fourth-order valence-corrected chi connectivity index (χ4v) is 2.41. The van der Waals surface area contributed by atoms with Gasteiger partial charge in [-0.2, -0.15) is 5.10 Å². The van der Waals surface area contributed by atoms with E-state index in [0.717, 1.165) is 16.9 Å². The third-order valence-corrected chi connectivity index (χ3v) is 3.65. The lowest BCUT2D eigenvalue weighted by Crippen LogP contribution is -2.24. The lowest BCUT2D eigenvalue weighted by molar-refractivity contribution is -0.118. The van der Waals surface area contributed by atoms with E-state index in [2.05, 4.69) is 25.7 Å². The number of carbonyl (C=O) groups excluding carboxylic acids is 1. The van der Waals surface area contributed by atoms with Crippen molar-refractivity contribution >= 4 is 34.5 Å². The van der Waals surface area contributed by atoms with E-state index >= 15 is 0 Å². The number of hydrogen-bond donors (Lipinski definition) is 2. The molecule has 0 aliphatic carbocycles. The highest BCUT2D eigenvalue weighted by Gasteiger charge is 2.12. The normalized spacial score (nSPS) is 10.9. The molecule has 2 rings (SSSR count). The highest BCUT2D eigenvalue weighted by Crippen LogP contribution is 2.23. The van der Waals surface area contributed by atoms with E-state index in [1.807, 2.05) is 13.2 Å². The van der Waals surface area contributed by atoms with Crippen molar-refractivity contribution in [3.63, 3.8) is 0 Å². The quantitative estimate of drug-likeness (QED) is 0.402. The summed E-state index contributed by atoms with van der Waals surface area (Å²) in [4.78, 5) is 20.0. The van der Waals surface area contributed by atoms with Crippen molar-refractivity contribution in [1.29, 1.82) is 0 Å². The number of anilines is 1. The number of aromatic nitrogens is 4. The Morgan fingerprint density at radius 1 is 1.39 bits per heavy atom. The SMILES string of the molecule is CCOCCNc1nc(SC)nc2c1cnn2CCNC(C)=O. The molecule has 0 atom stereocenters. The first-order valence-electron chi connectivity index (χ1n) is 7.49. The molecule has 0 saturated carbocycles. The van der Waals surface area contributed by atoms with Crippen LogP contribution in [-0.4, -0.2) is 58.2 Å². The van der Waals surface area contributed by atoms with E-state index in [0.29, 0.717) is 38.0 Å². The molecule has 0 aromatic carbocycles. The molecule has 2 heterocycles. The second-order valence-electron chi connectivity index (χ2n) is 4.77. The minimum atomic E-state index is -0.0563. The lowest BCUT2D eigenvalue weighted by Gasteiger charge is -2.09. The van der Waals surface area contributed by atoms with Crippen molar-refractivity contribution in [2.75, 3.05) is 37.9 Å². The maximum Gasteiger partial charge on any atom is 0.216 e. The fraction of sp³-hybridized carbons (Fsp3) is 0.571. The number of nitrogens with zero attached hydrogens (tertiary/aromatic N) is 4. The van der Waals surface area contributed by atoms with Crippen LogP contribution in [0.25, 0.3) is 11.0 Å². The van der Waals surface area contributed by atoms with Crippen LogP contribution in [-0.2, 0) is 16.1 Å². The highest BCUT2D eigenvalue weighted by atomic mass is 32.2. The van der Waals surface area contributed by atoms with Gasteiger partial charge in [-0.15, -0.1) is 0 Å². The molecule has 0 bridgehead atoms. The number of ether oxygens (including phenoxy) is 1. The zero-order valence-corrected chi connectivity index (χ0v) is 14.4. The van der Waals surface area contributed by atoms with E-state index in [1.54, 1.807) is 10.9 Å². The molecule has 0 radical (unpaired) electrons. The van der Waals surface area contributed by atoms with Crippen LogP contribution < -0.4 is 10.6 Å². The van der Waals surface area contributed by atoms with E-state index in [1.165, 1.54) is 18.7 Å². The van der Waals surface area contributed by atoms with Gasteiger partial charge in [0.05, 0.1) is 24.7 Å². The van der Waals surface area contributed by atoms with Crippen LogP contribution in [0.4, 0.5) is 5.82 Å². The van der Waals surface area contributed by atoms with Gasteiger partial charge in [0.15, 0.2) is 10.8 Å². The molecule has 9 heteroatoms. The summed E-state index contributed by atoms with van der Waals surface area (Å²) in [6, 6.07) is 0. The molecule has 0 fully saturated rings. The Balaban J connectivity index is 2.18. The molecule has 0 saturated heterocycles. The first kappa shape index (κ1) is 17.5. The van der Waals surface area contributed by atoms with Gasteiger partial charge in [-0.3, -0.25) is 4.79 Å². The van der Waals surface area contributed by atoms with Crippen LogP contribution in [0.15, 0.2) is 11.4 Å². The van der Waals surface area contributed by atoms with Crippen molar-refractivity contribution < 1.29 is 9.53 Å². The average Bonchev–Trinajstić information content (AvgIpc) is 2.94. The number of nitrogens with one attached hydrogen (secondary N) is 2. The molecular formula is C14H22N6O2S. The maximum atomic E-state index is 11.0. The summed E-state index contributed by atoms with van der Waals surface area (Å²) >= 11 is 1.48. The second-order valence-corrected chi connectivity index (χ2v) is 5.54. The molecular weight excluding hydrogens is 316 g/mol. The van der Waals surface area contributed by atoms with Crippen LogP contribution >= 0.6 is 11.8 Å². The smallest absolute Gasteiger partial charge is 0.216 e. The van der Waals surface area contributed by atoms with Crippen LogP contribution in [0.3, 0.4) is 0 Å². The van der Waals surface area contributed by atoms with Crippen LogP contribution in [0.5, 0.6) is 0 Å². The van der Waals surface area contributed by atoms with Crippen molar-refractivity contribution in [1.82, 2.24) is 25.1 Å². The molecule has 0 aliphatic heterocycles. The molecule has 2 aromatic heterocycles. The predicted octanol–water partition coefficient (Wildman–Crippen LogP) is 1.13. The molecule has 126 valence electrons. The largest absolute Gasteiger partial charge is 0.380 e. The Hall–Kier alpha value is -1.87. The van der Waals surface area contributed by atoms with Gasteiger partial charge in [0.2, 0.25) is 5.91 Å². The Bertz CT molecular complexity index is 660. The van der Waals surface area contributed by atoms with Crippen molar-refractivity contribution in [3.8, 4) is 0 Å². The first-order valence-corrected chi connectivity index (χ1v) is 8.71. The standard InChI is InChI=1S/C14H22N6O2S/c1-4-22-8-6-16-12-11-9-17-20(7-5-15-10(2)21)13(11)19-14(18-12)23-3/h9H,4-8H2,1-3H3,(H,15,21)(H,16,18,19). The topological polar surface area (TPSA) is 94.0 Å². The number of hydrogen-bond acceptors (Lipinski definition) is 7. The predicted molar refractivity (Wildman–Crippen MR) is 90.8 cm³/mol. The van der Waals surface area contributed by atoms with Gasteiger partial charge in [0.1, 0.15) is 5.82 Å². The van der Waals surface area contributed by atoms with E-state index in [4.69, 9.17) is 4.74 Å². The van der Waals surface area contributed by atoms with Gasteiger partial charge in [0.25, 0.3) is 0 Å². The number of amides is 1. The van der Waals surface area contributed by atoms with Gasteiger partial charge < -0.3 is 15.4 Å². The zero-order valence-electron chi connectivity index (χ0n) is 13.6. The van der Waals surface area contributed by atoms with Crippen molar-refractivity contribution in [2.45, 2.75) is 25.5 Å². The van der Waals surface area contributed by atoms with Crippen molar-refractivity contribution in [2.24, 2.45) is 0 Å². The molecule has 0 spiro atoms. The molecule has 2 N–H and O–H groups in total. The van der Waals surface area contributed by atoms with Gasteiger partial charge in [-0.1, -0.05) is 11.8 Å². The number of carbonyl (C=O) groups is 1. The van der Waals surface area contributed by atoms with Gasteiger partial charge in [-0.05, 0) is 13.2 Å². The van der Waals surface area contributed by atoms with Crippen LogP contribution in [0.2, 0.25) is 0 Å². The summed E-state index contributed by atoms with van der Waals surface area (Å²) in [6.45, 7) is 6.52. The summed E-state index contributed by atoms with van der Waals surface area (Å²) in [5, 5.41) is 11.9. The molecule has 1 amide bonds. The van der Waals surface area contributed by atoms with E-state index < -0.39 is 0 Å². The monoisotopic (exact) mass is 338 g/mol. The third kappa shape index (κ3) is 4.80. The minimum absolute atomic E-state index is 0.0563. The van der Waals surface area contributed by atoms with E-state index in [-0.39, 0.29) is 5.91 Å². The van der Waals surface area contributed by atoms with Crippen molar-refractivity contribution in [3.05, 3.63) is 6.20 Å². The molecule has 2 aromatic rings. The summed E-state index contributed by atoms with van der Waals surface area (Å²) in [5.74, 6) is 0.698. The van der Waals surface area contributed by atoms with Crippen LogP contribution in [0.1, 0.15) is 13.8 Å². The van der Waals surface area contributed by atoms with Gasteiger partial charge >= 0.3 is 0 Å². The second kappa shape index (κ2) is 8.68. The summed E-state index contributed by atoms with van der Waals surface area (Å²) < 4.78 is 7.11. The fourth-order valence-electron chi connectivity index (χ4n) is 2.05. The number of rotatable bonds is 9. The highest BCUT2D eigenvalue weighted by molar-refractivity contribution is 7.98. The first-order chi connectivity index (χ1) is 11.2. The molecule has 8 nitrogen and oxygen atoms in total. The number of fused-ring (bicyclic) bond motifs is 1. The average molecular weight is 338 g/mol. The summed E-state index contributed by atoms with van der Waals surface area (Å²) in [5.41, 5.74) is 0.758. The third-order valence-electron chi connectivity index (χ3n) is 3.10. The van der Waals surface area contributed by atoms with Crippen LogP contribution in [0, 0.1) is 0 Å². The zero-order chi connectivity index (χ0) is 16.7. The minimum Gasteiger partial charge on any atom is -0.380 e. The lowest BCUT2D eigenvalue weighted by atomic mass is 10.4. The Morgan fingerprint density at radius 3 is 2.91 bits per heavy atom. The summed E-state index contributed by atoms with van der Waals surface area (Å²) in [7, 11) is 0. The molecule has 23 heavy (non-hydrogen) atoms. The Kier molecular flexibility index (Phi) is 6.60. The Labute approximate surface area is 139 Å².